The van der Waals surface area contributed by atoms with Crippen LogP contribution < -0.4 is 5.59 Å². The van der Waals surface area contributed by atoms with Crippen molar-refractivity contribution in [2.75, 3.05) is 13.1 Å². The average molecular weight is 225 g/mol. The smallest absolute Gasteiger partial charge is 0.274 e. The molecule has 0 aromatic carbocycles. The second kappa shape index (κ2) is 5.33. The third-order valence-corrected chi connectivity index (χ3v) is 2.01. The number of nitrogens with one attached hydrogen (secondary N) is 1. The average Bonchev–Trinajstić information content (AvgIpc) is 2.14. The molecule has 2 unspecified atom stereocenters. The molecule has 14 heavy (non-hydrogen) atoms. The van der Waals surface area contributed by atoms with Gasteiger partial charge in [-0.25, -0.2) is 4.84 Å². The molecule has 0 aromatic rings. The van der Waals surface area contributed by atoms with Gasteiger partial charge >= 0.3 is 0 Å². The molecule has 1 rings (SSSR count). The molecule has 1 aliphatic rings. The van der Waals surface area contributed by atoms with E-state index in [1.165, 1.54) is 5.01 Å². The lowest BCUT2D eigenvalue weighted by molar-refractivity contribution is -0.791. The summed E-state index contributed by atoms with van der Waals surface area (Å²) in [4.78, 5) is 16.4. The Morgan fingerprint density at radius 3 is 3.07 bits per heavy atom. The zero-order chi connectivity index (χ0) is 10.6. The molecule has 1 fully saturated rings. The number of rotatable bonds is 4. The quantitative estimate of drug-likeness (QED) is 0.405. The summed E-state index contributed by atoms with van der Waals surface area (Å²) in [7, 11) is 0. The number of alkyl halides is 1. The number of nitroso groups, excluding NO2 is 1. The van der Waals surface area contributed by atoms with E-state index in [0.29, 0.717) is 18.1 Å². The second-order valence-electron chi connectivity index (χ2n) is 3.23. The fourth-order valence-corrected chi connectivity index (χ4v) is 1.32. The molecule has 0 bridgehead atoms. The van der Waals surface area contributed by atoms with E-state index in [2.05, 4.69) is 5.59 Å². The van der Waals surface area contributed by atoms with Crippen molar-refractivity contribution in [2.45, 2.75) is 31.4 Å². The number of β-amino-alcohol motifs (C(OH)–C–C–N with tert-alkyl or cyclic N) is 1. The maximum atomic E-state index is 11.3. The minimum absolute atomic E-state index is 0.316. The molecular weight excluding hydrogens is 210 g/mol. The van der Waals surface area contributed by atoms with Gasteiger partial charge in [-0.1, -0.05) is 11.6 Å². The molecule has 0 radical (unpaired) electrons. The van der Waals surface area contributed by atoms with Crippen molar-refractivity contribution in [3.63, 3.8) is 0 Å². The van der Waals surface area contributed by atoms with Crippen LogP contribution in [0.1, 0.15) is 19.8 Å². The first-order chi connectivity index (χ1) is 6.59. The van der Waals surface area contributed by atoms with Gasteiger partial charge in [0.2, 0.25) is 0 Å². The zero-order valence-corrected chi connectivity index (χ0v) is 8.78. The van der Waals surface area contributed by atoms with Crippen molar-refractivity contribution in [3.05, 3.63) is 4.91 Å². The lowest BCUT2D eigenvalue weighted by atomic mass is 10.1. The highest BCUT2D eigenvalue weighted by molar-refractivity contribution is 6.19. The van der Waals surface area contributed by atoms with Crippen LogP contribution in [0, 0.1) is 4.91 Å². The van der Waals surface area contributed by atoms with E-state index < -0.39 is 11.7 Å². The third kappa shape index (κ3) is 3.65. The van der Waals surface area contributed by atoms with Gasteiger partial charge in [0.1, 0.15) is 6.54 Å². The summed E-state index contributed by atoms with van der Waals surface area (Å²) >= 11 is 5.47. The fraction of sp³-hybridized carbons (Fsp3) is 1.00. The fourth-order valence-electron chi connectivity index (χ4n) is 1.28. The molecule has 82 valence electrons. The van der Waals surface area contributed by atoms with E-state index in [4.69, 9.17) is 16.4 Å². The van der Waals surface area contributed by atoms with Crippen molar-refractivity contribution in [3.8, 4) is 0 Å². The monoisotopic (exact) mass is 224 g/mol. The van der Waals surface area contributed by atoms with Gasteiger partial charge in [0, 0.05) is 5.59 Å². The highest BCUT2D eigenvalue weighted by atomic mass is 35.5. The van der Waals surface area contributed by atoms with Crippen LogP contribution in [0.15, 0.2) is 0 Å². The van der Waals surface area contributed by atoms with Crippen molar-refractivity contribution in [1.29, 1.82) is 0 Å². The summed E-state index contributed by atoms with van der Waals surface area (Å²) in [6, 6.07) is 0. The van der Waals surface area contributed by atoms with Crippen LogP contribution in [0.25, 0.3) is 0 Å². The molecule has 1 aliphatic heterocycles. The largest absolute Gasteiger partial charge is 0.391 e. The van der Waals surface area contributed by atoms with Crippen molar-refractivity contribution in [1.82, 2.24) is 10.6 Å². The first-order valence-electron chi connectivity index (χ1n) is 4.55. The molecule has 2 N–H and O–H groups in total. The minimum atomic E-state index is -0.582. The maximum absolute atomic E-state index is 11.3. The molecular formula is C7H15ClN3O3+. The van der Waals surface area contributed by atoms with Crippen molar-refractivity contribution in [2.24, 2.45) is 0 Å². The van der Waals surface area contributed by atoms with Crippen LogP contribution >= 0.6 is 11.6 Å². The van der Waals surface area contributed by atoms with Crippen LogP contribution in [0.5, 0.6) is 0 Å². The van der Waals surface area contributed by atoms with E-state index in [-0.39, 0.29) is 0 Å². The summed E-state index contributed by atoms with van der Waals surface area (Å²) < 4.78 is 0. The highest BCUT2D eigenvalue weighted by Gasteiger charge is 2.28. The molecule has 1 heterocycles. The Labute approximate surface area is 87.2 Å². The van der Waals surface area contributed by atoms with Crippen LogP contribution in [-0.4, -0.2) is 39.9 Å². The van der Waals surface area contributed by atoms with Gasteiger partial charge in [-0.2, -0.15) is 0 Å². The van der Waals surface area contributed by atoms with Gasteiger partial charge < -0.3 is 5.11 Å². The van der Waals surface area contributed by atoms with E-state index in [0.717, 1.165) is 12.8 Å². The number of aliphatic hydroxyl groups is 1. The highest BCUT2D eigenvalue weighted by Crippen LogP contribution is 2.08. The number of hydrazine groups is 2. The van der Waals surface area contributed by atoms with Gasteiger partial charge in [0.25, 0.3) is 4.98 Å². The Kier molecular flexibility index (Phi) is 4.37. The lowest BCUT2D eigenvalue weighted by Crippen LogP contribution is -2.49. The molecule has 1 saturated heterocycles. The standard InChI is InChI=1S/C7H15ClN3O3/c1-6(8)14-9-11(13)10-4-2-3-7(12)5-10/h6-7,12H,2-5H2,1H3,(H,9,13)/q+1. The van der Waals surface area contributed by atoms with Gasteiger partial charge in [-0.3, -0.25) is 0 Å². The summed E-state index contributed by atoms with van der Waals surface area (Å²) in [5.74, 6) is 0. The zero-order valence-electron chi connectivity index (χ0n) is 8.02. The number of aliphatic hydroxyl groups excluding tert-OH is 1. The summed E-state index contributed by atoms with van der Waals surface area (Å²) in [5.41, 5.74) is 1.55. The Morgan fingerprint density at radius 1 is 1.79 bits per heavy atom. The molecule has 2 atom stereocenters. The lowest BCUT2D eigenvalue weighted by Gasteiger charge is -2.22. The number of nitrogens with zero attached hydrogens (tertiary/aromatic N) is 2. The van der Waals surface area contributed by atoms with Crippen LogP contribution in [-0.2, 0) is 4.84 Å². The summed E-state index contributed by atoms with van der Waals surface area (Å²) in [6.07, 6.45) is 1.07. The van der Waals surface area contributed by atoms with Gasteiger partial charge in [-0.15, -0.1) is 5.01 Å². The predicted molar refractivity (Wildman–Crippen MR) is 50.0 cm³/mol. The van der Waals surface area contributed by atoms with Crippen molar-refractivity contribution >= 4 is 11.6 Å². The van der Waals surface area contributed by atoms with Crippen LogP contribution in [0.2, 0.25) is 0 Å². The Bertz CT molecular complexity index is 203. The second-order valence-corrected chi connectivity index (χ2v) is 3.85. The molecule has 0 amide bonds. The Morgan fingerprint density at radius 2 is 2.50 bits per heavy atom. The first kappa shape index (κ1) is 11.5. The van der Waals surface area contributed by atoms with E-state index in [9.17, 15) is 10.0 Å². The van der Waals surface area contributed by atoms with Gasteiger partial charge in [0.05, 0.1) is 17.6 Å². The van der Waals surface area contributed by atoms with Crippen LogP contribution in [0.4, 0.5) is 0 Å². The normalized spacial score (nSPS) is 24.5. The van der Waals surface area contributed by atoms with Gasteiger partial charge in [-0.05, 0) is 19.8 Å². The number of hydrogen-bond acceptors (Lipinski definition) is 3. The van der Waals surface area contributed by atoms with E-state index in [1.54, 1.807) is 6.92 Å². The first-order valence-corrected chi connectivity index (χ1v) is 4.99. The van der Waals surface area contributed by atoms with Crippen LogP contribution in [0.3, 0.4) is 0 Å². The molecule has 0 spiro atoms. The number of hydrogen-bond donors (Lipinski definition) is 2. The summed E-state index contributed by atoms with van der Waals surface area (Å²) in [6.45, 7) is 2.51. The third-order valence-electron chi connectivity index (χ3n) is 1.93. The molecule has 7 heteroatoms. The van der Waals surface area contributed by atoms with Crippen molar-refractivity contribution < 1.29 is 14.9 Å². The van der Waals surface area contributed by atoms with Gasteiger partial charge in [0.15, 0.2) is 5.56 Å². The Balaban J connectivity index is 2.29. The van der Waals surface area contributed by atoms with E-state index >= 15 is 0 Å². The Hall–Kier alpha value is -0.590. The number of halogens is 1. The molecule has 0 aromatic heterocycles. The summed E-state index contributed by atoms with van der Waals surface area (Å²) in [5, 5.41) is 10.7. The van der Waals surface area contributed by atoms with E-state index in [1.807, 2.05) is 0 Å². The molecule has 0 saturated carbocycles. The SMILES string of the molecule is CC(Cl)ON[N+](=O)N1CCCC(O)C1. The maximum Gasteiger partial charge on any atom is 0.274 e. The topological polar surface area (TPSA) is 64.8 Å². The predicted octanol–water partition coefficient (Wildman–Crippen LogP) is 0.158. The number of piperidine rings is 1. The molecule has 6 nitrogen and oxygen atoms in total. The molecule has 0 aliphatic carbocycles. The minimum Gasteiger partial charge on any atom is -0.391 e.